The average Bonchev–Trinajstić information content (AvgIpc) is 3.14. The molecule has 24 heavy (non-hydrogen) atoms. The average molecular weight is 327 g/mol. The monoisotopic (exact) mass is 327 g/mol. The molecule has 0 fully saturated rings. The molecule has 0 atom stereocenters. The van der Waals surface area contributed by atoms with E-state index in [-0.39, 0.29) is 0 Å². The first-order chi connectivity index (χ1) is 11.5. The third-order valence-electron chi connectivity index (χ3n) is 4.15. The second-order valence-corrected chi connectivity index (χ2v) is 5.60. The van der Waals surface area contributed by atoms with Crippen molar-refractivity contribution in [3.63, 3.8) is 0 Å². The van der Waals surface area contributed by atoms with Crippen LogP contribution >= 0.6 is 0 Å². The summed E-state index contributed by atoms with van der Waals surface area (Å²) in [4.78, 5) is 8.90. The van der Waals surface area contributed by atoms with E-state index in [4.69, 9.17) is 13.9 Å². The Kier molecular flexibility index (Phi) is 4.29. The fourth-order valence-corrected chi connectivity index (χ4v) is 2.75. The normalized spacial score (nSPS) is 10.9. The molecule has 3 rings (SSSR count). The summed E-state index contributed by atoms with van der Waals surface area (Å²) in [6, 6.07) is 3.80. The van der Waals surface area contributed by atoms with Gasteiger partial charge in [0.05, 0.1) is 26.3 Å². The van der Waals surface area contributed by atoms with Gasteiger partial charge in [0, 0.05) is 18.0 Å². The van der Waals surface area contributed by atoms with Crippen molar-refractivity contribution in [1.82, 2.24) is 14.5 Å². The van der Waals surface area contributed by atoms with E-state index >= 15 is 0 Å². The minimum absolute atomic E-state index is 0.544. The summed E-state index contributed by atoms with van der Waals surface area (Å²) in [7, 11) is 3.28. The van der Waals surface area contributed by atoms with Gasteiger partial charge in [-0.25, -0.2) is 9.97 Å². The van der Waals surface area contributed by atoms with Gasteiger partial charge in [-0.05, 0) is 32.9 Å². The van der Waals surface area contributed by atoms with Crippen LogP contribution in [0.3, 0.4) is 0 Å². The Hall–Kier alpha value is -2.76. The van der Waals surface area contributed by atoms with E-state index in [1.807, 2.05) is 43.7 Å². The van der Waals surface area contributed by atoms with Gasteiger partial charge in [-0.1, -0.05) is 0 Å². The maximum atomic E-state index is 5.89. The molecular weight excluding hydrogens is 306 g/mol. The molecule has 0 radical (unpaired) electrons. The van der Waals surface area contributed by atoms with Gasteiger partial charge in [0.1, 0.15) is 28.8 Å². The zero-order chi connectivity index (χ0) is 17.3. The molecule has 2 heterocycles. The molecule has 0 aliphatic rings. The van der Waals surface area contributed by atoms with Crippen molar-refractivity contribution in [2.24, 2.45) is 0 Å². The maximum absolute atomic E-state index is 5.89. The number of nitrogens with zero attached hydrogens (tertiary/aromatic N) is 3. The summed E-state index contributed by atoms with van der Waals surface area (Å²) in [5, 5.41) is 0. The van der Waals surface area contributed by atoms with Crippen molar-refractivity contribution in [3.05, 3.63) is 47.4 Å². The van der Waals surface area contributed by atoms with Gasteiger partial charge in [0.15, 0.2) is 0 Å². The van der Waals surface area contributed by atoms with E-state index in [0.29, 0.717) is 18.2 Å². The van der Waals surface area contributed by atoms with Gasteiger partial charge >= 0.3 is 0 Å². The first-order valence-electron chi connectivity index (χ1n) is 7.71. The summed E-state index contributed by atoms with van der Waals surface area (Å²) < 4.78 is 18.8. The first kappa shape index (κ1) is 16.1. The smallest absolute Gasteiger partial charge is 0.230 e. The number of aryl methyl sites for hydroxylation is 2. The Morgan fingerprint density at radius 2 is 1.92 bits per heavy atom. The van der Waals surface area contributed by atoms with Crippen molar-refractivity contribution < 1.29 is 13.9 Å². The second-order valence-electron chi connectivity index (χ2n) is 5.60. The van der Waals surface area contributed by atoms with Gasteiger partial charge in [-0.3, -0.25) is 0 Å². The third kappa shape index (κ3) is 2.75. The van der Waals surface area contributed by atoms with Crippen LogP contribution in [-0.4, -0.2) is 28.8 Å². The van der Waals surface area contributed by atoms with Crippen LogP contribution in [-0.2, 0) is 6.54 Å². The topological polar surface area (TPSA) is 62.3 Å². The predicted octanol–water partition coefficient (Wildman–Crippen LogP) is 3.53. The van der Waals surface area contributed by atoms with Gasteiger partial charge in [0.2, 0.25) is 5.89 Å². The van der Waals surface area contributed by atoms with Gasteiger partial charge in [0.25, 0.3) is 0 Å². The molecule has 6 heteroatoms. The highest BCUT2D eigenvalue weighted by molar-refractivity contribution is 5.68. The highest BCUT2D eigenvalue weighted by Crippen LogP contribution is 2.37. The molecule has 126 valence electrons. The fraction of sp³-hybridized carbons (Fsp3) is 0.333. The number of hydrogen-bond acceptors (Lipinski definition) is 5. The quantitative estimate of drug-likeness (QED) is 0.717. The lowest BCUT2D eigenvalue weighted by atomic mass is 10.1. The van der Waals surface area contributed by atoms with Crippen LogP contribution in [0.4, 0.5) is 0 Å². The van der Waals surface area contributed by atoms with Crippen molar-refractivity contribution in [1.29, 1.82) is 0 Å². The van der Waals surface area contributed by atoms with Gasteiger partial charge in [-0.15, -0.1) is 0 Å². The van der Waals surface area contributed by atoms with E-state index in [0.717, 1.165) is 34.2 Å². The van der Waals surface area contributed by atoms with Crippen LogP contribution in [0.1, 0.15) is 22.8 Å². The van der Waals surface area contributed by atoms with Crippen LogP contribution in [0.2, 0.25) is 0 Å². The highest BCUT2D eigenvalue weighted by Gasteiger charge is 2.19. The Labute approximate surface area is 141 Å². The van der Waals surface area contributed by atoms with E-state index in [1.165, 1.54) is 0 Å². The molecule has 0 aliphatic carbocycles. The molecule has 0 saturated carbocycles. The molecule has 0 N–H and O–H groups in total. The van der Waals surface area contributed by atoms with E-state index < -0.39 is 0 Å². The number of benzene rings is 1. The third-order valence-corrected chi connectivity index (χ3v) is 4.15. The molecule has 0 saturated heterocycles. The molecule has 0 bridgehead atoms. The molecule has 0 spiro atoms. The van der Waals surface area contributed by atoms with Crippen LogP contribution in [0.25, 0.3) is 11.5 Å². The summed E-state index contributed by atoms with van der Waals surface area (Å²) in [6.45, 7) is 6.46. The van der Waals surface area contributed by atoms with Crippen molar-refractivity contribution in [2.45, 2.75) is 27.3 Å². The summed E-state index contributed by atoms with van der Waals surface area (Å²) in [5.41, 5.74) is 2.61. The number of imidazole rings is 1. The molecule has 0 amide bonds. The van der Waals surface area contributed by atoms with E-state index in [1.54, 1.807) is 20.4 Å². The summed E-state index contributed by atoms with van der Waals surface area (Å²) in [5.74, 6) is 3.75. The highest BCUT2D eigenvalue weighted by atomic mass is 16.5. The molecule has 2 aromatic heterocycles. The molecule has 0 aliphatic heterocycles. The zero-order valence-corrected chi connectivity index (χ0v) is 14.6. The van der Waals surface area contributed by atoms with E-state index in [9.17, 15) is 0 Å². The molecular formula is C18H21N3O3. The number of ether oxygens (including phenoxy) is 2. The van der Waals surface area contributed by atoms with Crippen LogP contribution in [0, 0.1) is 20.8 Å². The van der Waals surface area contributed by atoms with Crippen LogP contribution < -0.4 is 9.47 Å². The lowest BCUT2D eigenvalue weighted by Crippen LogP contribution is -2.02. The number of rotatable bonds is 5. The maximum Gasteiger partial charge on any atom is 0.230 e. The Bertz CT molecular complexity index is 865. The predicted molar refractivity (Wildman–Crippen MR) is 90.6 cm³/mol. The van der Waals surface area contributed by atoms with Crippen molar-refractivity contribution in [3.8, 4) is 23.0 Å². The zero-order valence-electron chi connectivity index (χ0n) is 14.6. The molecule has 3 aromatic rings. The van der Waals surface area contributed by atoms with Crippen molar-refractivity contribution >= 4 is 0 Å². The first-order valence-corrected chi connectivity index (χ1v) is 7.71. The van der Waals surface area contributed by atoms with Crippen molar-refractivity contribution in [2.75, 3.05) is 14.2 Å². The Morgan fingerprint density at radius 3 is 2.54 bits per heavy atom. The fourth-order valence-electron chi connectivity index (χ4n) is 2.75. The van der Waals surface area contributed by atoms with Crippen LogP contribution in [0.5, 0.6) is 11.5 Å². The van der Waals surface area contributed by atoms with Crippen LogP contribution in [0.15, 0.2) is 28.9 Å². The number of methoxy groups -OCH3 is 2. The van der Waals surface area contributed by atoms with Gasteiger partial charge in [-0.2, -0.15) is 0 Å². The summed E-state index contributed by atoms with van der Waals surface area (Å²) in [6.07, 6.45) is 3.71. The molecule has 0 unspecified atom stereocenters. The van der Waals surface area contributed by atoms with Gasteiger partial charge < -0.3 is 18.5 Å². The lowest BCUT2D eigenvalue weighted by molar-refractivity contribution is 0.388. The minimum atomic E-state index is 0.544. The Morgan fingerprint density at radius 1 is 1.12 bits per heavy atom. The number of oxazole rings is 1. The van der Waals surface area contributed by atoms with E-state index in [2.05, 4.69) is 9.97 Å². The lowest BCUT2D eigenvalue weighted by Gasteiger charge is -2.12. The SMILES string of the molecule is COc1ccc(-c2nc(Cn3ccnc3C)c(C)o2)c(OC)c1C. The minimum Gasteiger partial charge on any atom is -0.496 e. The largest absolute Gasteiger partial charge is 0.496 e. The number of aromatic nitrogens is 3. The Balaban J connectivity index is 2.01. The standard InChI is InChI=1S/C18H21N3O3/c1-11-16(22-4)7-6-14(17(11)23-5)18-20-15(12(2)24-18)10-21-9-8-19-13(21)3/h6-9H,10H2,1-5H3. The summed E-state index contributed by atoms with van der Waals surface area (Å²) >= 11 is 0. The molecule has 6 nitrogen and oxygen atoms in total. The second kappa shape index (κ2) is 6.39. The number of hydrogen-bond donors (Lipinski definition) is 0. The molecule has 1 aromatic carbocycles.